The zero-order valence-electron chi connectivity index (χ0n) is 5.61. The fourth-order valence-electron chi connectivity index (χ4n) is 1.17. The van der Waals surface area contributed by atoms with Gasteiger partial charge in [0.25, 0.3) is 0 Å². The van der Waals surface area contributed by atoms with E-state index in [2.05, 4.69) is 0 Å². The van der Waals surface area contributed by atoms with Gasteiger partial charge in [-0.2, -0.15) is 5.26 Å². The van der Waals surface area contributed by atoms with Crippen molar-refractivity contribution in [3.8, 4) is 6.07 Å². The van der Waals surface area contributed by atoms with Gasteiger partial charge >= 0.3 is 0 Å². The molecule has 1 aliphatic rings. The molecule has 0 amide bonds. The first-order valence-corrected chi connectivity index (χ1v) is 3.41. The van der Waals surface area contributed by atoms with Crippen molar-refractivity contribution in [2.24, 2.45) is 5.92 Å². The molecule has 1 fully saturated rings. The van der Waals surface area contributed by atoms with Gasteiger partial charge in [0.2, 0.25) is 5.92 Å². The molecule has 0 aromatic heterocycles. The molecule has 3 heteroatoms. The first kappa shape index (κ1) is 7.46. The highest BCUT2D eigenvalue weighted by Gasteiger charge is 2.34. The maximum Gasteiger partial charge on any atom is 0.248 e. The van der Waals surface area contributed by atoms with Crippen LogP contribution >= 0.6 is 0 Å². The number of hydrogen-bond donors (Lipinski definition) is 0. The van der Waals surface area contributed by atoms with E-state index in [4.69, 9.17) is 5.26 Å². The van der Waals surface area contributed by atoms with Gasteiger partial charge < -0.3 is 0 Å². The summed E-state index contributed by atoms with van der Waals surface area (Å²) >= 11 is 0. The van der Waals surface area contributed by atoms with Crippen molar-refractivity contribution in [2.45, 2.75) is 31.6 Å². The highest BCUT2D eigenvalue weighted by molar-refractivity contribution is 4.89. The molecule has 0 heterocycles. The minimum atomic E-state index is -2.49. The summed E-state index contributed by atoms with van der Waals surface area (Å²) in [6.07, 6.45) is 0.517. The molecule has 0 aromatic rings. The SMILES string of the molecule is N#CC1CCC(F)(F)CC1. The Kier molecular flexibility index (Phi) is 1.89. The van der Waals surface area contributed by atoms with Crippen LogP contribution in [0, 0.1) is 17.2 Å². The van der Waals surface area contributed by atoms with Crippen LogP contribution in [0.2, 0.25) is 0 Å². The topological polar surface area (TPSA) is 23.8 Å². The standard InChI is InChI=1S/C7H9F2N/c8-7(9)3-1-6(5-10)2-4-7/h6H,1-4H2. The van der Waals surface area contributed by atoms with Crippen LogP contribution in [0.15, 0.2) is 0 Å². The van der Waals surface area contributed by atoms with Gasteiger partial charge in [0.05, 0.1) is 6.07 Å². The molecule has 1 saturated carbocycles. The molecule has 0 spiro atoms. The van der Waals surface area contributed by atoms with Gasteiger partial charge in [-0.3, -0.25) is 0 Å². The Morgan fingerprint density at radius 3 is 2.20 bits per heavy atom. The Morgan fingerprint density at radius 1 is 1.30 bits per heavy atom. The van der Waals surface area contributed by atoms with Crippen molar-refractivity contribution in [1.82, 2.24) is 0 Å². The zero-order chi connectivity index (χ0) is 7.61. The van der Waals surface area contributed by atoms with Crippen molar-refractivity contribution >= 4 is 0 Å². The van der Waals surface area contributed by atoms with Gasteiger partial charge in [-0.05, 0) is 12.8 Å². The lowest BCUT2D eigenvalue weighted by molar-refractivity contribution is -0.0404. The number of halogens is 2. The predicted molar refractivity (Wildman–Crippen MR) is 32.5 cm³/mol. The van der Waals surface area contributed by atoms with E-state index in [9.17, 15) is 8.78 Å². The monoisotopic (exact) mass is 145 g/mol. The Balaban J connectivity index is 2.40. The van der Waals surface area contributed by atoms with Crippen LogP contribution in [-0.4, -0.2) is 5.92 Å². The van der Waals surface area contributed by atoms with Crippen molar-refractivity contribution in [1.29, 1.82) is 5.26 Å². The average molecular weight is 145 g/mol. The van der Waals surface area contributed by atoms with Crippen molar-refractivity contribution in [3.63, 3.8) is 0 Å². The summed E-state index contributed by atoms with van der Waals surface area (Å²) in [6.45, 7) is 0. The van der Waals surface area contributed by atoms with Crippen molar-refractivity contribution < 1.29 is 8.78 Å². The van der Waals surface area contributed by atoms with E-state index in [1.807, 2.05) is 6.07 Å². The van der Waals surface area contributed by atoms with E-state index in [1.54, 1.807) is 0 Å². The molecule has 0 unspecified atom stereocenters. The van der Waals surface area contributed by atoms with Crippen LogP contribution in [0.5, 0.6) is 0 Å². The maximum atomic E-state index is 12.4. The lowest BCUT2D eigenvalue weighted by atomic mass is 9.88. The van der Waals surface area contributed by atoms with E-state index < -0.39 is 5.92 Å². The average Bonchev–Trinajstić information content (AvgIpc) is 1.88. The van der Waals surface area contributed by atoms with Crippen LogP contribution in [0.4, 0.5) is 8.78 Å². The Morgan fingerprint density at radius 2 is 1.80 bits per heavy atom. The molecular formula is C7H9F2N. The molecule has 0 radical (unpaired) electrons. The van der Waals surface area contributed by atoms with Gasteiger partial charge in [-0.25, -0.2) is 8.78 Å². The maximum absolute atomic E-state index is 12.4. The summed E-state index contributed by atoms with van der Waals surface area (Å²) in [5, 5.41) is 8.37. The van der Waals surface area contributed by atoms with Crippen LogP contribution in [0.3, 0.4) is 0 Å². The summed E-state index contributed by atoms with van der Waals surface area (Å²) in [7, 11) is 0. The third-order valence-electron chi connectivity index (χ3n) is 1.90. The van der Waals surface area contributed by atoms with E-state index in [0.29, 0.717) is 12.8 Å². The number of nitriles is 1. The summed E-state index contributed by atoms with van der Waals surface area (Å²) in [4.78, 5) is 0. The second kappa shape index (κ2) is 2.53. The molecule has 0 aliphatic heterocycles. The Labute approximate surface area is 58.6 Å². The quantitative estimate of drug-likeness (QED) is 0.513. The first-order chi connectivity index (χ1) is 4.64. The van der Waals surface area contributed by atoms with Gasteiger partial charge in [0.15, 0.2) is 0 Å². The number of nitrogens with zero attached hydrogens (tertiary/aromatic N) is 1. The summed E-state index contributed by atoms with van der Waals surface area (Å²) in [5.74, 6) is -2.62. The fourth-order valence-corrected chi connectivity index (χ4v) is 1.17. The number of alkyl halides is 2. The molecule has 0 saturated heterocycles. The first-order valence-electron chi connectivity index (χ1n) is 3.41. The minimum Gasteiger partial charge on any atom is -0.207 e. The van der Waals surface area contributed by atoms with E-state index in [-0.39, 0.29) is 18.8 Å². The van der Waals surface area contributed by atoms with Crippen LogP contribution in [0.25, 0.3) is 0 Å². The van der Waals surface area contributed by atoms with Crippen molar-refractivity contribution in [2.75, 3.05) is 0 Å². The van der Waals surface area contributed by atoms with E-state index in [0.717, 1.165) is 0 Å². The molecule has 0 atom stereocenters. The predicted octanol–water partition coefficient (Wildman–Crippen LogP) is 2.34. The van der Waals surface area contributed by atoms with Gasteiger partial charge in [-0.1, -0.05) is 0 Å². The molecule has 1 nitrogen and oxygen atoms in total. The fraction of sp³-hybridized carbons (Fsp3) is 0.857. The number of rotatable bonds is 0. The lowest BCUT2D eigenvalue weighted by Crippen LogP contribution is -2.23. The van der Waals surface area contributed by atoms with Crippen LogP contribution in [0.1, 0.15) is 25.7 Å². The normalized spacial score (nSPS) is 25.7. The minimum absolute atomic E-state index is 0.106. The smallest absolute Gasteiger partial charge is 0.207 e. The van der Waals surface area contributed by atoms with Crippen LogP contribution in [-0.2, 0) is 0 Å². The van der Waals surface area contributed by atoms with E-state index >= 15 is 0 Å². The molecule has 1 rings (SSSR count). The van der Waals surface area contributed by atoms with Gasteiger partial charge in [0.1, 0.15) is 0 Å². The molecule has 0 N–H and O–H groups in total. The number of hydrogen-bond acceptors (Lipinski definition) is 1. The Hall–Kier alpha value is -0.650. The highest BCUT2D eigenvalue weighted by Crippen LogP contribution is 2.35. The van der Waals surface area contributed by atoms with Crippen molar-refractivity contribution in [3.05, 3.63) is 0 Å². The lowest BCUT2D eigenvalue weighted by Gasteiger charge is -2.23. The molecular weight excluding hydrogens is 136 g/mol. The molecule has 0 aromatic carbocycles. The van der Waals surface area contributed by atoms with Crippen LogP contribution < -0.4 is 0 Å². The second-order valence-electron chi connectivity index (χ2n) is 2.76. The van der Waals surface area contributed by atoms with E-state index in [1.165, 1.54) is 0 Å². The highest BCUT2D eigenvalue weighted by atomic mass is 19.3. The summed E-state index contributed by atoms with van der Waals surface area (Å²) in [6, 6.07) is 2.01. The molecule has 56 valence electrons. The third kappa shape index (κ3) is 1.66. The van der Waals surface area contributed by atoms with Gasteiger partial charge in [0, 0.05) is 18.8 Å². The second-order valence-corrected chi connectivity index (χ2v) is 2.76. The molecule has 10 heavy (non-hydrogen) atoms. The summed E-state index contributed by atoms with van der Waals surface area (Å²) in [5.41, 5.74) is 0. The van der Waals surface area contributed by atoms with Gasteiger partial charge in [-0.15, -0.1) is 0 Å². The summed E-state index contributed by atoms with van der Waals surface area (Å²) < 4.78 is 24.8. The molecule has 1 aliphatic carbocycles. The largest absolute Gasteiger partial charge is 0.248 e. The molecule has 0 bridgehead atoms. The third-order valence-corrected chi connectivity index (χ3v) is 1.90. The zero-order valence-corrected chi connectivity index (χ0v) is 5.61. The Bertz CT molecular complexity index is 149.